The molecule has 1 unspecified atom stereocenters. The van der Waals surface area contributed by atoms with E-state index in [9.17, 15) is 4.79 Å². The van der Waals surface area contributed by atoms with Gasteiger partial charge in [0.1, 0.15) is 0 Å². The molecule has 0 saturated carbocycles. The molecular weight excluding hydrogens is 286 g/mol. The first-order valence-corrected chi connectivity index (χ1v) is 8.34. The van der Waals surface area contributed by atoms with Crippen LogP contribution in [0.2, 0.25) is 0 Å². The minimum Gasteiger partial charge on any atom is -0.378 e. The molecule has 1 N–H and O–H groups in total. The molecule has 1 amide bonds. The highest BCUT2D eigenvalue weighted by atomic mass is 16.5. The summed E-state index contributed by atoms with van der Waals surface area (Å²) in [6.07, 6.45) is 3.95. The van der Waals surface area contributed by atoms with Crippen LogP contribution in [0.15, 0.2) is 54.6 Å². The second kappa shape index (κ2) is 7.93. The molecule has 1 aliphatic heterocycles. The van der Waals surface area contributed by atoms with Gasteiger partial charge in [0, 0.05) is 13.2 Å². The van der Waals surface area contributed by atoms with E-state index in [4.69, 9.17) is 4.74 Å². The number of hydrogen-bond donors (Lipinski definition) is 1. The fourth-order valence-corrected chi connectivity index (χ4v) is 2.94. The van der Waals surface area contributed by atoms with Crippen LogP contribution in [0.25, 0.3) is 11.1 Å². The maximum atomic E-state index is 12.0. The van der Waals surface area contributed by atoms with E-state index in [1.54, 1.807) is 0 Å². The summed E-state index contributed by atoms with van der Waals surface area (Å²) in [6.45, 7) is 1.57. The molecule has 23 heavy (non-hydrogen) atoms. The molecule has 0 aromatic heterocycles. The third-order valence-corrected chi connectivity index (χ3v) is 4.24. The Kier molecular flexibility index (Phi) is 5.43. The maximum absolute atomic E-state index is 12.0. The Bertz CT molecular complexity index is 616. The van der Waals surface area contributed by atoms with Gasteiger partial charge in [-0.05, 0) is 36.0 Å². The normalized spacial score (nSPS) is 17.1. The second-order valence-corrected chi connectivity index (χ2v) is 6.01. The van der Waals surface area contributed by atoms with Gasteiger partial charge in [0.05, 0.1) is 12.5 Å². The summed E-state index contributed by atoms with van der Waals surface area (Å²) >= 11 is 0. The van der Waals surface area contributed by atoms with Crippen molar-refractivity contribution in [1.29, 1.82) is 0 Å². The van der Waals surface area contributed by atoms with E-state index in [1.165, 1.54) is 11.1 Å². The van der Waals surface area contributed by atoms with Crippen LogP contribution < -0.4 is 5.32 Å². The molecule has 2 aromatic carbocycles. The zero-order valence-corrected chi connectivity index (χ0v) is 13.3. The zero-order chi connectivity index (χ0) is 15.9. The summed E-state index contributed by atoms with van der Waals surface area (Å²) in [5, 5.41) is 2.99. The van der Waals surface area contributed by atoms with E-state index >= 15 is 0 Å². The van der Waals surface area contributed by atoms with E-state index in [-0.39, 0.29) is 5.91 Å². The maximum Gasteiger partial charge on any atom is 0.224 e. The van der Waals surface area contributed by atoms with Crippen molar-refractivity contribution in [3.63, 3.8) is 0 Å². The van der Waals surface area contributed by atoms with Crippen LogP contribution in [0.1, 0.15) is 24.8 Å². The second-order valence-electron chi connectivity index (χ2n) is 6.01. The van der Waals surface area contributed by atoms with Crippen molar-refractivity contribution in [2.45, 2.75) is 31.8 Å². The first-order valence-electron chi connectivity index (χ1n) is 8.34. The van der Waals surface area contributed by atoms with Crippen LogP contribution in [-0.4, -0.2) is 25.2 Å². The molecule has 0 spiro atoms. The first kappa shape index (κ1) is 15.8. The molecule has 3 heteroatoms. The predicted octanol–water partition coefficient (Wildman–Crippen LogP) is 3.58. The SMILES string of the molecule is O=C(Cc1ccc(-c2ccccc2)cc1)NCCC1CCCO1. The summed E-state index contributed by atoms with van der Waals surface area (Å²) in [5.74, 6) is 0.0791. The van der Waals surface area contributed by atoms with Gasteiger partial charge in [0.15, 0.2) is 0 Å². The largest absolute Gasteiger partial charge is 0.378 e. The van der Waals surface area contributed by atoms with E-state index in [2.05, 4.69) is 29.6 Å². The third-order valence-electron chi connectivity index (χ3n) is 4.24. The Morgan fingerprint density at radius 3 is 2.48 bits per heavy atom. The van der Waals surface area contributed by atoms with Crippen molar-refractivity contribution in [3.8, 4) is 11.1 Å². The van der Waals surface area contributed by atoms with Crippen molar-refractivity contribution in [3.05, 3.63) is 60.2 Å². The van der Waals surface area contributed by atoms with Crippen LogP contribution in [0.5, 0.6) is 0 Å². The number of carbonyl (C=O) groups is 1. The molecule has 1 atom stereocenters. The van der Waals surface area contributed by atoms with Crippen molar-refractivity contribution >= 4 is 5.91 Å². The number of carbonyl (C=O) groups excluding carboxylic acids is 1. The monoisotopic (exact) mass is 309 g/mol. The third kappa shape index (κ3) is 4.67. The minimum absolute atomic E-state index is 0.0791. The van der Waals surface area contributed by atoms with Gasteiger partial charge in [-0.3, -0.25) is 4.79 Å². The summed E-state index contributed by atoms with van der Waals surface area (Å²) in [7, 11) is 0. The number of ether oxygens (including phenoxy) is 1. The lowest BCUT2D eigenvalue weighted by Crippen LogP contribution is -2.28. The summed E-state index contributed by atoms with van der Waals surface area (Å²) in [4.78, 5) is 12.0. The molecule has 1 heterocycles. The number of amides is 1. The van der Waals surface area contributed by atoms with Crippen LogP contribution in [0, 0.1) is 0 Å². The lowest BCUT2D eigenvalue weighted by Gasteiger charge is -2.10. The Balaban J connectivity index is 1.46. The van der Waals surface area contributed by atoms with Crippen molar-refractivity contribution < 1.29 is 9.53 Å². The van der Waals surface area contributed by atoms with E-state index < -0.39 is 0 Å². The van der Waals surface area contributed by atoms with Crippen molar-refractivity contribution in [2.75, 3.05) is 13.2 Å². The van der Waals surface area contributed by atoms with E-state index in [0.717, 1.165) is 31.4 Å². The molecular formula is C20H23NO2. The highest BCUT2D eigenvalue weighted by Gasteiger charge is 2.15. The van der Waals surface area contributed by atoms with Crippen LogP contribution in [0.4, 0.5) is 0 Å². The van der Waals surface area contributed by atoms with Gasteiger partial charge in [-0.2, -0.15) is 0 Å². The van der Waals surface area contributed by atoms with Gasteiger partial charge in [-0.1, -0.05) is 54.6 Å². The predicted molar refractivity (Wildman–Crippen MR) is 92.2 cm³/mol. The summed E-state index contributed by atoms with van der Waals surface area (Å²) < 4.78 is 5.56. The molecule has 3 rings (SSSR count). The number of rotatable bonds is 6. The number of benzene rings is 2. The molecule has 1 aliphatic rings. The van der Waals surface area contributed by atoms with Gasteiger partial charge in [-0.15, -0.1) is 0 Å². The van der Waals surface area contributed by atoms with Crippen molar-refractivity contribution in [2.24, 2.45) is 0 Å². The number of nitrogens with one attached hydrogen (secondary N) is 1. The van der Waals surface area contributed by atoms with Gasteiger partial charge in [0.25, 0.3) is 0 Å². The lowest BCUT2D eigenvalue weighted by molar-refractivity contribution is -0.120. The fourth-order valence-electron chi connectivity index (χ4n) is 2.94. The summed E-state index contributed by atoms with van der Waals surface area (Å²) in [6, 6.07) is 18.5. The standard InChI is InChI=1S/C20H23NO2/c22-20(21-13-12-19-7-4-14-23-19)15-16-8-10-18(11-9-16)17-5-2-1-3-6-17/h1-3,5-6,8-11,19H,4,7,12-15H2,(H,21,22). The molecule has 2 aromatic rings. The zero-order valence-electron chi connectivity index (χ0n) is 13.3. The molecule has 1 fully saturated rings. The Hall–Kier alpha value is -2.13. The highest BCUT2D eigenvalue weighted by Crippen LogP contribution is 2.19. The minimum atomic E-state index is 0.0791. The lowest BCUT2D eigenvalue weighted by atomic mass is 10.0. The number of hydrogen-bond acceptors (Lipinski definition) is 2. The molecule has 0 aliphatic carbocycles. The highest BCUT2D eigenvalue weighted by molar-refractivity contribution is 5.78. The Morgan fingerprint density at radius 2 is 1.78 bits per heavy atom. The molecule has 0 bridgehead atoms. The summed E-state index contributed by atoms with van der Waals surface area (Å²) in [5.41, 5.74) is 3.41. The van der Waals surface area contributed by atoms with Crippen LogP contribution >= 0.6 is 0 Å². The molecule has 1 saturated heterocycles. The average molecular weight is 309 g/mol. The van der Waals surface area contributed by atoms with Crippen molar-refractivity contribution in [1.82, 2.24) is 5.32 Å². The van der Waals surface area contributed by atoms with Gasteiger partial charge in [-0.25, -0.2) is 0 Å². The molecule has 3 nitrogen and oxygen atoms in total. The smallest absolute Gasteiger partial charge is 0.224 e. The molecule has 120 valence electrons. The van der Waals surface area contributed by atoms with Crippen LogP contribution in [0.3, 0.4) is 0 Å². The van der Waals surface area contributed by atoms with E-state index in [1.807, 2.05) is 30.3 Å². The first-order chi connectivity index (χ1) is 11.3. The average Bonchev–Trinajstić information content (AvgIpc) is 3.10. The van der Waals surface area contributed by atoms with Gasteiger partial charge < -0.3 is 10.1 Å². The quantitative estimate of drug-likeness (QED) is 0.885. The van der Waals surface area contributed by atoms with Crippen LogP contribution in [-0.2, 0) is 16.0 Å². The fraction of sp³-hybridized carbons (Fsp3) is 0.350. The Morgan fingerprint density at radius 1 is 1.04 bits per heavy atom. The van der Waals surface area contributed by atoms with E-state index in [0.29, 0.717) is 19.1 Å². The van der Waals surface area contributed by atoms with Gasteiger partial charge >= 0.3 is 0 Å². The topological polar surface area (TPSA) is 38.3 Å². The van der Waals surface area contributed by atoms with Gasteiger partial charge in [0.2, 0.25) is 5.91 Å². The Labute approximate surface area is 137 Å². The molecule has 0 radical (unpaired) electrons.